The topological polar surface area (TPSA) is 81.3 Å². The molecule has 0 spiro atoms. The van der Waals surface area contributed by atoms with E-state index in [1.165, 1.54) is 0 Å². The summed E-state index contributed by atoms with van der Waals surface area (Å²) in [6.07, 6.45) is 0. The van der Waals surface area contributed by atoms with Crippen molar-refractivity contribution in [1.82, 2.24) is 9.97 Å². The van der Waals surface area contributed by atoms with Crippen LogP contribution in [0.25, 0.3) is 11.3 Å². The van der Waals surface area contributed by atoms with Crippen molar-refractivity contribution in [1.29, 1.82) is 0 Å². The molecule has 0 bridgehead atoms. The van der Waals surface area contributed by atoms with Crippen molar-refractivity contribution in [3.8, 4) is 17.0 Å². The van der Waals surface area contributed by atoms with Gasteiger partial charge in [-0.25, -0.2) is 9.97 Å². The zero-order chi connectivity index (χ0) is 13.8. The van der Waals surface area contributed by atoms with Crippen LogP contribution in [0.15, 0.2) is 30.3 Å². The van der Waals surface area contributed by atoms with Crippen LogP contribution in [0.4, 0.5) is 0 Å². The van der Waals surface area contributed by atoms with Gasteiger partial charge in [0, 0.05) is 11.3 Å². The zero-order valence-corrected chi connectivity index (χ0v) is 11.0. The van der Waals surface area contributed by atoms with Crippen LogP contribution in [-0.2, 0) is 0 Å². The predicted octanol–water partition coefficient (Wildman–Crippen LogP) is 1.45. The highest BCUT2D eigenvalue weighted by Gasteiger charge is 2.11. The first-order valence-corrected chi connectivity index (χ1v) is 6.00. The van der Waals surface area contributed by atoms with Crippen molar-refractivity contribution in [2.45, 2.75) is 13.0 Å². The summed E-state index contributed by atoms with van der Waals surface area (Å²) in [6, 6.07) is 8.92. The van der Waals surface area contributed by atoms with E-state index in [9.17, 15) is 0 Å². The molecule has 100 valence electrons. The maximum atomic E-state index is 9.09. The standard InChI is InChI=1S/C14H17N3O2/c1-9-7-13(17-14(16-9)12(15)8-18)10-3-5-11(19-2)6-4-10/h3-7,12,18H,8,15H2,1-2H3. The lowest BCUT2D eigenvalue weighted by Crippen LogP contribution is -2.18. The molecule has 2 rings (SSSR count). The number of methoxy groups -OCH3 is 1. The van der Waals surface area contributed by atoms with E-state index >= 15 is 0 Å². The quantitative estimate of drug-likeness (QED) is 0.868. The van der Waals surface area contributed by atoms with E-state index in [4.69, 9.17) is 15.6 Å². The number of benzene rings is 1. The summed E-state index contributed by atoms with van der Waals surface area (Å²) in [5.74, 6) is 1.25. The lowest BCUT2D eigenvalue weighted by atomic mass is 10.1. The summed E-state index contributed by atoms with van der Waals surface area (Å²) < 4.78 is 5.12. The molecule has 0 aliphatic carbocycles. The first-order valence-electron chi connectivity index (χ1n) is 6.00. The Morgan fingerprint density at radius 2 is 1.95 bits per heavy atom. The third kappa shape index (κ3) is 3.07. The zero-order valence-electron chi connectivity index (χ0n) is 11.0. The molecule has 0 saturated carbocycles. The third-order valence-electron chi connectivity index (χ3n) is 2.79. The van der Waals surface area contributed by atoms with Crippen molar-refractivity contribution in [2.24, 2.45) is 5.73 Å². The van der Waals surface area contributed by atoms with Gasteiger partial charge in [-0.15, -0.1) is 0 Å². The predicted molar refractivity (Wildman–Crippen MR) is 72.8 cm³/mol. The van der Waals surface area contributed by atoms with E-state index in [1.807, 2.05) is 37.3 Å². The molecule has 0 aliphatic heterocycles. The molecule has 1 atom stereocenters. The molecule has 0 aliphatic rings. The fourth-order valence-electron chi connectivity index (χ4n) is 1.75. The number of rotatable bonds is 4. The molecule has 0 radical (unpaired) electrons. The molecule has 3 N–H and O–H groups in total. The average molecular weight is 259 g/mol. The van der Waals surface area contributed by atoms with Crippen LogP contribution in [0, 0.1) is 6.92 Å². The largest absolute Gasteiger partial charge is 0.497 e. The highest BCUT2D eigenvalue weighted by molar-refractivity contribution is 5.60. The van der Waals surface area contributed by atoms with Crippen LogP contribution in [0.2, 0.25) is 0 Å². The van der Waals surface area contributed by atoms with Gasteiger partial charge in [-0.3, -0.25) is 0 Å². The Hall–Kier alpha value is -1.98. The Kier molecular flexibility index (Phi) is 4.09. The minimum absolute atomic E-state index is 0.175. The van der Waals surface area contributed by atoms with E-state index < -0.39 is 6.04 Å². The molecule has 0 amide bonds. The molecule has 0 fully saturated rings. The minimum Gasteiger partial charge on any atom is -0.497 e. The Morgan fingerprint density at radius 1 is 1.26 bits per heavy atom. The molecule has 5 heteroatoms. The van der Waals surface area contributed by atoms with Gasteiger partial charge >= 0.3 is 0 Å². The summed E-state index contributed by atoms with van der Waals surface area (Å²) in [5, 5.41) is 9.09. The fraction of sp³-hybridized carbons (Fsp3) is 0.286. The molecule has 1 aromatic carbocycles. The number of nitrogens with two attached hydrogens (primary N) is 1. The second-order valence-corrected chi connectivity index (χ2v) is 4.27. The molecule has 2 aromatic rings. The van der Waals surface area contributed by atoms with Crippen LogP contribution in [0.3, 0.4) is 0 Å². The summed E-state index contributed by atoms with van der Waals surface area (Å²) >= 11 is 0. The molecular weight excluding hydrogens is 242 g/mol. The maximum absolute atomic E-state index is 9.09. The van der Waals surface area contributed by atoms with Crippen molar-refractivity contribution in [3.05, 3.63) is 41.9 Å². The number of aliphatic hydroxyl groups is 1. The second kappa shape index (κ2) is 5.77. The lowest BCUT2D eigenvalue weighted by molar-refractivity contribution is 0.263. The normalized spacial score (nSPS) is 12.2. The number of hydrogen-bond donors (Lipinski definition) is 2. The van der Waals surface area contributed by atoms with Gasteiger partial charge in [0.15, 0.2) is 0 Å². The number of nitrogens with zero attached hydrogens (tertiary/aromatic N) is 2. The fourth-order valence-corrected chi connectivity index (χ4v) is 1.75. The van der Waals surface area contributed by atoms with E-state index in [0.717, 1.165) is 22.7 Å². The monoisotopic (exact) mass is 259 g/mol. The van der Waals surface area contributed by atoms with Gasteiger partial charge in [-0.1, -0.05) is 0 Å². The van der Waals surface area contributed by atoms with Gasteiger partial charge < -0.3 is 15.6 Å². The van der Waals surface area contributed by atoms with Crippen molar-refractivity contribution >= 4 is 0 Å². The Balaban J connectivity index is 2.40. The van der Waals surface area contributed by atoms with Gasteiger partial charge in [0.05, 0.1) is 25.5 Å². The Bertz CT molecular complexity index is 555. The van der Waals surface area contributed by atoms with Crippen LogP contribution >= 0.6 is 0 Å². The molecule has 5 nitrogen and oxygen atoms in total. The van der Waals surface area contributed by atoms with Crippen molar-refractivity contribution < 1.29 is 9.84 Å². The molecule has 1 heterocycles. The van der Waals surface area contributed by atoms with E-state index in [-0.39, 0.29) is 6.61 Å². The lowest BCUT2D eigenvalue weighted by Gasteiger charge is -2.10. The Labute approximate surface area is 112 Å². The van der Waals surface area contributed by atoms with Crippen molar-refractivity contribution in [3.63, 3.8) is 0 Å². The molecule has 19 heavy (non-hydrogen) atoms. The van der Waals surface area contributed by atoms with Gasteiger partial charge in [0.2, 0.25) is 0 Å². The van der Waals surface area contributed by atoms with E-state index in [0.29, 0.717) is 5.82 Å². The van der Waals surface area contributed by atoms with Gasteiger partial charge in [-0.05, 0) is 37.3 Å². The number of hydrogen-bond acceptors (Lipinski definition) is 5. The highest BCUT2D eigenvalue weighted by Crippen LogP contribution is 2.22. The summed E-state index contributed by atoms with van der Waals surface area (Å²) in [7, 11) is 1.63. The van der Waals surface area contributed by atoms with Gasteiger partial charge in [-0.2, -0.15) is 0 Å². The van der Waals surface area contributed by atoms with Crippen LogP contribution in [0.5, 0.6) is 5.75 Å². The van der Waals surface area contributed by atoms with E-state index in [2.05, 4.69) is 9.97 Å². The first kappa shape index (κ1) is 13.5. The number of aromatic nitrogens is 2. The van der Waals surface area contributed by atoms with Crippen LogP contribution < -0.4 is 10.5 Å². The summed E-state index contributed by atoms with van der Waals surface area (Å²) in [6.45, 7) is 1.70. The van der Waals surface area contributed by atoms with Gasteiger partial charge in [0.25, 0.3) is 0 Å². The van der Waals surface area contributed by atoms with Crippen molar-refractivity contribution in [2.75, 3.05) is 13.7 Å². The molecule has 1 aromatic heterocycles. The highest BCUT2D eigenvalue weighted by atomic mass is 16.5. The summed E-state index contributed by atoms with van der Waals surface area (Å²) in [5.41, 5.74) is 8.32. The number of aryl methyl sites for hydroxylation is 1. The van der Waals surface area contributed by atoms with Gasteiger partial charge in [0.1, 0.15) is 11.6 Å². The molecular formula is C14H17N3O2. The average Bonchev–Trinajstić information content (AvgIpc) is 2.45. The minimum atomic E-state index is -0.558. The maximum Gasteiger partial charge on any atom is 0.148 e. The number of aliphatic hydroxyl groups excluding tert-OH is 1. The summed E-state index contributed by atoms with van der Waals surface area (Å²) in [4.78, 5) is 8.64. The van der Waals surface area contributed by atoms with Crippen LogP contribution in [-0.4, -0.2) is 28.8 Å². The Morgan fingerprint density at radius 3 is 2.53 bits per heavy atom. The number of ether oxygens (including phenoxy) is 1. The van der Waals surface area contributed by atoms with Crippen LogP contribution in [0.1, 0.15) is 17.6 Å². The smallest absolute Gasteiger partial charge is 0.148 e. The molecule has 0 saturated heterocycles. The molecule has 1 unspecified atom stereocenters. The SMILES string of the molecule is COc1ccc(-c2cc(C)nc(C(N)CO)n2)cc1. The third-order valence-corrected chi connectivity index (χ3v) is 2.79. The first-order chi connectivity index (χ1) is 9.13. The second-order valence-electron chi connectivity index (χ2n) is 4.27. The van der Waals surface area contributed by atoms with E-state index in [1.54, 1.807) is 7.11 Å².